The third-order valence-electron chi connectivity index (χ3n) is 9.59. The first-order chi connectivity index (χ1) is 22.0. The molecule has 6 nitrogen and oxygen atoms in total. The smallest absolute Gasteiger partial charge is 0.154 e. The number of hydrogen-bond donors (Lipinski definition) is 1. The lowest BCUT2D eigenvalue weighted by molar-refractivity contribution is -0.170. The number of benzene rings is 3. The van der Waals surface area contributed by atoms with Gasteiger partial charge in [-0.15, -0.1) is 0 Å². The SMILES string of the molecule is CCCCc1nc(Cl)c(C2NCC(c3ccc(OC)cc3)C3(CCCCC3)O2)n1Cc1ccc(-c2ccccc2/C=N/C)cc1. The van der Waals surface area contributed by atoms with Crippen LogP contribution in [0.1, 0.15) is 92.2 Å². The van der Waals surface area contributed by atoms with E-state index in [-0.39, 0.29) is 17.7 Å². The number of aromatic nitrogens is 2. The van der Waals surface area contributed by atoms with Crippen LogP contribution in [0, 0.1) is 0 Å². The lowest BCUT2D eigenvalue weighted by Gasteiger charge is -2.50. The minimum atomic E-state index is -0.326. The quantitative estimate of drug-likeness (QED) is 0.179. The summed E-state index contributed by atoms with van der Waals surface area (Å²) in [4.78, 5) is 9.17. The molecule has 2 unspecified atom stereocenters. The molecule has 2 aliphatic rings. The monoisotopic (exact) mass is 624 g/mol. The largest absolute Gasteiger partial charge is 0.497 e. The second-order valence-corrected chi connectivity index (χ2v) is 12.8. The van der Waals surface area contributed by atoms with Crippen LogP contribution in [0.4, 0.5) is 0 Å². The van der Waals surface area contributed by atoms with Crippen molar-refractivity contribution in [2.45, 2.75) is 82.6 Å². The highest BCUT2D eigenvalue weighted by molar-refractivity contribution is 6.30. The van der Waals surface area contributed by atoms with Crippen molar-refractivity contribution in [3.05, 3.63) is 106 Å². The Labute approximate surface area is 272 Å². The molecular weight excluding hydrogens is 580 g/mol. The van der Waals surface area contributed by atoms with Gasteiger partial charge in [-0.25, -0.2) is 4.98 Å². The fourth-order valence-electron chi connectivity index (χ4n) is 7.21. The van der Waals surface area contributed by atoms with Gasteiger partial charge in [-0.1, -0.05) is 105 Å². The van der Waals surface area contributed by atoms with E-state index in [0.717, 1.165) is 61.5 Å². The van der Waals surface area contributed by atoms with Gasteiger partial charge in [0.05, 0.1) is 12.7 Å². The maximum absolute atomic E-state index is 7.21. The molecule has 1 spiro atoms. The van der Waals surface area contributed by atoms with Crippen molar-refractivity contribution in [2.75, 3.05) is 20.7 Å². The topological polar surface area (TPSA) is 60.7 Å². The molecule has 3 aromatic carbocycles. The molecule has 1 aliphatic carbocycles. The Morgan fingerprint density at radius 3 is 2.51 bits per heavy atom. The van der Waals surface area contributed by atoms with E-state index < -0.39 is 0 Å². The van der Waals surface area contributed by atoms with Gasteiger partial charge in [0.2, 0.25) is 0 Å². The molecule has 1 saturated heterocycles. The first kappa shape index (κ1) is 31.5. The first-order valence-electron chi connectivity index (χ1n) is 16.5. The highest BCUT2D eigenvalue weighted by Crippen LogP contribution is 2.48. The van der Waals surface area contributed by atoms with Crippen LogP contribution in [-0.4, -0.2) is 42.1 Å². The van der Waals surface area contributed by atoms with Crippen molar-refractivity contribution >= 4 is 17.8 Å². The van der Waals surface area contributed by atoms with E-state index in [1.54, 1.807) is 7.11 Å². The number of unbranched alkanes of at least 4 members (excludes halogenated alkanes) is 1. The van der Waals surface area contributed by atoms with Gasteiger partial charge in [0.1, 0.15) is 17.3 Å². The Morgan fingerprint density at radius 1 is 1.04 bits per heavy atom. The number of imidazole rings is 1. The van der Waals surface area contributed by atoms with Crippen molar-refractivity contribution in [3.8, 4) is 16.9 Å². The van der Waals surface area contributed by atoms with Crippen LogP contribution in [0.25, 0.3) is 11.1 Å². The molecule has 1 aliphatic heterocycles. The molecule has 0 bridgehead atoms. The number of nitrogens with one attached hydrogen (secondary N) is 1. The van der Waals surface area contributed by atoms with Gasteiger partial charge in [-0.3, -0.25) is 10.3 Å². The van der Waals surface area contributed by atoms with E-state index in [0.29, 0.717) is 11.7 Å². The molecule has 0 radical (unpaired) electrons. The third kappa shape index (κ3) is 6.74. The van der Waals surface area contributed by atoms with Crippen molar-refractivity contribution in [1.82, 2.24) is 14.9 Å². The first-order valence-corrected chi connectivity index (χ1v) is 16.8. The number of aliphatic imine (C=N–C) groups is 1. The van der Waals surface area contributed by atoms with Crippen LogP contribution in [0.2, 0.25) is 5.15 Å². The van der Waals surface area contributed by atoms with E-state index in [1.165, 1.54) is 41.5 Å². The van der Waals surface area contributed by atoms with Crippen molar-refractivity contribution in [2.24, 2.45) is 4.99 Å². The second-order valence-electron chi connectivity index (χ2n) is 12.4. The molecular formula is C38H45ClN4O2. The molecule has 6 rings (SSSR count). The summed E-state index contributed by atoms with van der Waals surface area (Å²) in [5.41, 5.74) is 6.64. The van der Waals surface area contributed by atoms with E-state index in [1.807, 2.05) is 13.3 Å². The highest BCUT2D eigenvalue weighted by Gasteiger charge is 2.47. The number of aryl methyl sites for hydroxylation is 1. The average Bonchev–Trinajstić information content (AvgIpc) is 3.39. The highest BCUT2D eigenvalue weighted by atomic mass is 35.5. The molecule has 1 N–H and O–H groups in total. The maximum atomic E-state index is 7.21. The molecule has 7 heteroatoms. The summed E-state index contributed by atoms with van der Waals surface area (Å²) >= 11 is 7.02. The van der Waals surface area contributed by atoms with Crippen LogP contribution < -0.4 is 10.1 Å². The van der Waals surface area contributed by atoms with Crippen LogP contribution in [0.15, 0.2) is 77.8 Å². The zero-order chi connectivity index (χ0) is 31.2. The summed E-state index contributed by atoms with van der Waals surface area (Å²) in [6.07, 6.45) is 10.3. The van der Waals surface area contributed by atoms with Gasteiger partial charge in [0.25, 0.3) is 0 Å². The van der Waals surface area contributed by atoms with E-state index in [2.05, 4.69) is 94.6 Å². The summed E-state index contributed by atoms with van der Waals surface area (Å²) in [5.74, 6) is 2.15. The predicted molar refractivity (Wildman–Crippen MR) is 184 cm³/mol. The Hall–Kier alpha value is -3.45. The molecule has 1 saturated carbocycles. The average molecular weight is 625 g/mol. The second kappa shape index (κ2) is 14.3. The van der Waals surface area contributed by atoms with Crippen LogP contribution in [0.3, 0.4) is 0 Å². The summed E-state index contributed by atoms with van der Waals surface area (Å²) in [6.45, 7) is 3.72. The fraction of sp³-hybridized carbons (Fsp3) is 0.421. The third-order valence-corrected chi connectivity index (χ3v) is 9.87. The van der Waals surface area contributed by atoms with E-state index in [9.17, 15) is 0 Å². The van der Waals surface area contributed by atoms with E-state index >= 15 is 0 Å². The molecule has 2 fully saturated rings. The summed E-state index contributed by atoms with van der Waals surface area (Å²) < 4.78 is 15.0. The molecule has 2 atom stereocenters. The minimum absolute atomic E-state index is 0.248. The van der Waals surface area contributed by atoms with Gasteiger partial charge in [-0.05, 0) is 53.6 Å². The van der Waals surface area contributed by atoms with Gasteiger partial charge >= 0.3 is 0 Å². The minimum Gasteiger partial charge on any atom is -0.497 e. The number of rotatable bonds is 10. The normalized spacial score (nSPS) is 19.7. The number of methoxy groups -OCH3 is 1. The van der Waals surface area contributed by atoms with Gasteiger partial charge in [0.15, 0.2) is 11.4 Å². The number of ether oxygens (including phenoxy) is 2. The molecule has 45 heavy (non-hydrogen) atoms. The standard InChI is InChI=1S/C38H45ClN4O2/c1-4-5-13-34-42-36(39)35(43(34)26-27-14-16-28(17-15-27)32-12-8-7-11-30(32)24-40-2)37-41-25-33(29-18-20-31(44-3)21-19-29)38(45-37)22-9-6-10-23-38/h7-8,11-12,14-21,24,33,37,41H,4-6,9-10,13,22-23,25-26H2,1-3H3/b40-24+. The Kier molecular flexibility index (Phi) is 10.0. The zero-order valence-corrected chi connectivity index (χ0v) is 27.5. The maximum Gasteiger partial charge on any atom is 0.154 e. The molecule has 4 aromatic rings. The number of hydrogen-bond acceptors (Lipinski definition) is 5. The summed E-state index contributed by atoms with van der Waals surface area (Å²) in [5, 5.41) is 4.30. The van der Waals surface area contributed by atoms with E-state index in [4.69, 9.17) is 26.1 Å². The van der Waals surface area contributed by atoms with Crippen molar-refractivity contribution in [1.29, 1.82) is 0 Å². The molecule has 2 heterocycles. The Balaban J connectivity index is 1.31. The molecule has 1 aromatic heterocycles. The van der Waals surface area contributed by atoms with Crippen LogP contribution in [0.5, 0.6) is 5.75 Å². The summed E-state index contributed by atoms with van der Waals surface area (Å²) in [6, 6.07) is 25.7. The van der Waals surface area contributed by atoms with Gasteiger partial charge in [-0.2, -0.15) is 0 Å². The Morgan fingerprint density at radius 2 is 1.80 bits per heavy atom. The molecule has 0 amide bonds. The predicted octanol–water partition coefficient (Wildman–Crippen LogP) is 8.76. The fourth-order valence-corrected chi connectivity index (χ4v) is 7.51. The van der Waals surface area contributed by atoms with Crippen molar-refractivity contribution < 1.29 is 9.47 Å². The lowest BCUT2D eigenvalue weighted by atomic mass is 9.71. The Bertz CT molecular complexity index is 1590. The number of nitrogens with zero attached hydrogens (tertiary/aromatic N) is 3. The van der Waals surface area contributed by atoms with Gasteiger partial charge < -0.3 is 14.0 Å². The van der Waals surface area contributed by atoms with Gasteiger partial charge in [0, 0.05) is 44.3 Å². The van der Waals surface area contributed by atoms with Crippen LogP contribution >= 0.6 is 11.6 Å². The summed E-state index contributed by atoms with van der Waals surface area (Å²) in [7, 11) is 3.52. The lowest BCUT2D eigenvalue weighted by Crippen LogP contribution is -2.53. The number of halogens is 1. The molecule has 236 valence electrons. The van der Waals surface area contributed by atoms with Crippen molar-refractivity contribution in [3.63, 3.8) is 0 Å². The zero-order valence-electron chi connectivity index (χ0n) is 26.8. The van der Waals surface area contributed by atoms with Crippen LogP contribution in [-0.2, 0) is 17.7 Å².